The van der Waals surface area contributed by atoms with Gasteiger partial charge < -0.3 is 24.1 Å². The first kappa shape index (κ1) is 25.6. The van der Waals surface area contributed by atoms with E-state index in [9.17, 15) is 24.0 Å². The highest BCUT2D eigenvalue weighted by molar-refractivity contribution is 5.89. The molecule has 0 bridgehead atoms. The molecule has 1 aromatic rings. The maximum atomic E-state index is 12.3. The van der Waals surface area contributed by atoms with Gasteiger partial charge in [-0.15, -0.1) is 0 Å². The van der Waals surface area contributed by atoms with Gasteiger partial charge in [0.05, 0.1) is 24.3 Å². The molecule has 1 saturated carbocycles. The third kappa shape index (κ3) is 9.14. The van der Waals surface area contributed by atoms with Gasteiger partial charge in [0, 0.05) is 6.08 Å². The third-order valence-electron chi connectivity index (χ3n) is 4.91. The minimum Gasteiger partial charge on any atom is -0.481 e. The second kappa shape index (κ2) is 13.0. The summed E-state index contributed by atoms with van der Waals surface area (Å²) in [6.45, 7) is 2.98. The number of carbonyl (C=O) groups excluding carboxylic acids is 4. The van der Waals surface area contributed by atoms with Crippen molar-refractivity contribution in [3.05, 3.63) is 42.5 Å². The number of carbonyl (C=O) groups is 5. The first-order chi connectivity index (χ1) is 15.8. The largest absolute Gasteiger partial charge is 0.481 e. The highest BCUT2D eigenvalue weighted by Gasteiger charge is 2.28. The van der Waals surface area contributed by atoms with Crippen LogP contribution in [0.2, 0.25) is 0 Å². The monoisotopic (exact) mass is 462 g/mol. The van der Waals surface area contributed by atoms with Crippen LogP contribution in [0, 0.1) is 5.92 Å². The Kier molecular flexibility index (Phi) is 10.1. The van der Waals surface area contributed by atoms with Gasteiger partial charge in [-0.25, -0.2) is 9.59 Å². The molecule has 10 nitrogen and oxygen atoms in total. The lowest BCUT2D eigenvalue weighted by Gasteiger charge is -2.25. The van der Waals surface area contributed by atoms with E-state index in [0.29, 0.717) is 25.7 Å². The molecule has 0 heterocycles. The van der Waals surface area contributed by atoms with E-state index in [1.54, 1.807) is 0 Å². The number of esters is 4. The second-order valence-electron chi connectivity index (χ2n) is 7.31. The number of hydrogen-bond acceptors (Lipinski definition) is 9. The van der Waals surface area contributed by atoms with E-state index in [4.69, 9.17) is 19.3 Å². The van der Waals surface area contributed by atoms with E-state index < -0.39 is 35.8 Å². The molecular weight excluding hydrogens is 436 g/mol. The molecule has 0 radical (unpaired) electrons. The van der Waals surface area contributed by atoms with Gasteiger partial charge in [0.25, 0.3) is 0 Å². The minimum atomic E-state index is -0.826. The summed E-state index contributed by atoms with van der Waals surface area (Å²) >= 11 is 0. The van der Waals surface area contributed by atoms with E-state index in [2.05, 4.69) is 11.3 Å². The molecule has 1 fully saturated rings. The van der Waals surface area contributed by atoms with Gasteiger partial charge in [-0.3, -0.25) is 14.4 Å². The summed E-state index contributed by atoms with van der Waals surface area (Å²) in [5.41, 5.74) is 0.274. The van der Waals surface area contributed by atoms with Crippen molar-refractivity contribution in [2.24, 2.45) is 5.92 Å². The molecule has 0 atom stereocenters. The first-order valence-corrected chi connectivity index (χ1v) is 10.5. The van der Waals surface area contributed by atoms with E-state index in [1.807, 2.05) is 0 Å². The van der Waals surface area contributed by atoms with Crippen molar-refractivity contribution < 1.29 is 48.0 Å². The summed E-state index contributed by atoms with van der Waals surface area (Å²) in [6.07, 6.45) is 2.19. The van der Waals surface area contributed by atoms with Gasteiger partial charge in [0.1, 0.15) is 25.1 Å². The Labute approximate surface area is 190 Å². The zero-order chi connectivity index (χ0) is 24.2. The zero-order valence-corrected chi connectivity index (χ0v) is 18.0. The molecule has 0 saturated heterocycles. The van der Waals surface area contributed by atoms with Crippen LogP contribution in [0.1, 0.15) is 48.9 Å². The van der Waals surface area contributed by atoms with Crippen molar-refractivity contribution >= 4 is 29.8 Å². The summed E-state index contributed by atoms with van der Waals surface area (Å²) in [6, 6.07) is 5.77. The molecule has 1 aliphatic rings. The highest BCUT2D eigenvalue weighted by Crippen LogP contribution is 2.27. The summed E-state index contributed by atoms with van der Waals surface area (Å²) in [5.74, 6) is -3.48. The topological polar surface area (TPSA) is 142 Å². The summed E-state index contributed by atoms with van der Waals surface area (Å²) in [4.78, 5) is 57.6. The smallest absolute Gasteiger partial charge is 0.338 e. The van der Waals surface area contributed by atoms with E-state index in [1.165, 1.54) is 24.3 Å². The highest BCUT2D eigenvalue weighted by atomic mass is 16.6. The molecule has 0 unspecified atom stereocenters. The van der Waals surface area contributed by atoms with Crippen molar-refractivity contribution in [3.63, 3.8) is 0 Å². The van der Waals surface area contributed by atoms with Crippen LogP contribution in [-0.2, 0) is 33.4 Å². The normalized spacial score (nSPS) is 17.3. The van der Waals surface area contributed by atoms with Crippen molar-refractivity contribution in [3.8, 4) is 5.75 Å². The number of rotatable bonds is 11. The third-order valence-corrected chi connectivity index (χ3v) is 4.91. The maximum absolute atomic E-state index is 12.3. The van der Waals surface area contributed by atoms with Gasteiger partial charge in [0.15, 0.2) is 0 Å². The van der Waals surface area contributed by atoms with Gasteiger partial charge in [-0.05, 0) is 49.9 Å². The number of ether oxygens (including phenoxy) is 4. The molecule has 2 rings (SSSR count). The first-order valence-electron chi connectivity index (χ1n) is 10.5. The summed E-state index contributed by atoms with van der Waals surface area (Å²) in [7, 11) is 0. The Hall–Kier alpha value is -3.69. The number of carboxylic acids is 1. The molecule has 0 spiro atoms. The number of benzene rings is 1. The molecular formula is C23H26O10. The predicted molar refractivity (Wildman–Crippen MR) is 112 cm³/mol. The van der Waals surface area contributed by atoms with Crippen molar-refractivity contribution in [1.29, 1.82) is 0 Å². The number of carboxylic acid groups (broad SMARTS) is 1. The molecule has 1 aliphatic carbocycles. The van der Waals surface area contributed by atoms with E-state index in [-0.39, 0.29) is 43.5 Å². The SMILES string of the molecule is C=CC(=O)OCCOC(=O)CCC(=O)Oc1ccc(C(=O)O[C@H]2CC[C@H](C(=O)O)CC2)cc1. The van der Waals surface area contributed by atoms with Gasteiger partial charge in [0.2, 0.25) is 0 Å². The number of hydrogen-bond donors (Lipinski definition) is 1. The second-order valence-corrected chi connectivity index (χ2v) is 7.31. The Bertz CT molecular complexity index is 866. The van der Waals surface area contributed by atoms with Crippen molar-refractivity contribution in [1.82, 2.24) is 0 Å². The summed E-state index contributed by atoms with van der Waals surface area (Å²) in [5, 5.41) is 9.02. The predicted octanol–water partition coefficient (Wildman–Crippen LogP) is 2.44. The Morgan fingerprint density at radius 1 is 0.909 bits per heavy atom. The molecule has 33 heavy (non-hydrogen) atoms. The Morgan fingerprint density at radius 3 is 2.12 bits per heavy atom. The van der Waals surface area contributed by atoms with Gasteiger partial charge >= 0.3 is 29.8 Å². The Morgan fingerprint density at radius 2 is 1.52 bits per heavy atom. The van der Waals surface area contributed by atoms with Crippen LogP contribution in [0.25, 0.3) is 0 Å². The minimum absolute atomic E-state index is 0.112. The molecule has 178 valence electrons. The van der Waals surface area contributed by atoms with Crippen LogP contribution in [0.4, 0.5) is 0 Å². The lowest BCUT2D eigenvalue weighted by atomic mass is 9.87. The zero-order valence-electron chi connectivity index (χ0n) is 18.0. The van der Waals surface area contributed by atoms with E-state index >= 15 is 0 Å². The molecule has 0 amide bonds. The van der Waals surface area contributed by atoms with Crippen LogP contribution in [-0.4, -0.2) is 54.3 Å². The summed E-state index contributed by atoms with van der Waals surface area (Å²) < 4.78 is 20.0. The lowest BCUT2D eigenvalue weighted by molar-refractivity contribution is -0.151. The van der Waals surface area contributed by atoms with Gasteiger partial charge in [-0.1, -0.05) is 6.58 Å². The van der Waals surface area contributed by atoms with E-state index in [0.717, 1.165) is 6.08 Å². The average molecular weight is 462 g/mol. The fourth-order valence-corrected chi connectivity index (χ4v) is 3.12. The van der Waals surface area contributed by atoms with Gasteiger partial charge in [-0.2, -0.15) is 0 Å². The molecule has 10 heteroatoms. The van der Waals surface area contributed by atoms with Crippen LogP contribution >= 0.6 is 0 Å². The van der Waals surface area contributed by atoms with Crippen LogP contribution < -0.4 is 4.74 Å². The van der Waals surface area contributed by atoms with Crippen molar-refractivity contribution in [2.75, 3.05) is 13.2 Å². The number of aliphatic carboxylic acids is 1. The fraction of sp³-hybridized carbons (Fsp3) is 0.435. The average Bonchev–Trinajstić information content (AvgIpc) is 2.81. The molecule has 1 aromatic carbocycles. The Balaban J connectivity index is 1.68. The van der Waals surface area contributed by atoms with Crippen LogP contribution in [0.3, 0.4) is 0 Å². The van der Waals surface area contributed by atoms with Crippen molar-refractivity contribution in [2.45, 2.75) is 44.6 Å². The molecule has 1 N–H and O–H groups in total. The lowest BCUT2D eigenvalue weighted by Crippen LogP contribution is -2.27. The quantitative estimate of drug-likeness (QED) is 0.171. The maximum Gasteiger partial charge on any atom is 0.338 e. The molecule has 0 aliphatic heterocycles. The standard InChI is InChI=1S/C23H26O10/c1-2-19(24)30-13-14-31-20(25)11-12-21(26)32-17-9-5-16(6-10-17)23(29)33-18-7-3-15(4-8-18)22(27)28/h2,5-6,9-10,15,18H,1,3-4,7-8,11-14H2,(H,27,28)/t15-,18-. The van der Waals surface area contributed by atoms with Crippen LogP contribution in [0.15, 0.2) is 36.9 Å². The van der Waals surface area contributed by atoms with Crippen LogP contribution in [0.5, 0.6) is 5.75 Å². The fourth-order valence-electron chi connectivity index (χ4n) is 3.12. The molecule has 0 aromatic heterocycles.